The van der Waals surface area contributed by atoms with Crippen molar-refractivity contribution in [2.24, 2.45) is 0 Å². The van der Waals surface area contributed by atoms with Crippen LogP contribution in [0.2, 0.25) is 0 Å². The number of amides is 5. The minimum Gasteiger partial charge on any atom is -0.335 e. The minimum atomic E-state index is -4.65. The van der Waals surface area contributed by atoms with E-state index in [1.807, 2.05) is 0 Å². The quantitative estimate of drug-likeness (QED) is 0.718. The second-order valence-corrected chi connectivity index (χ2v) is 7.10. The lowest BCUT2D eigenvalue weighted by Crippen LogP contribution is -2.53. The Morgan fingerprint density at radius 3 is 2.45 bits per heavy atom. The number of likely N-dealkylation sites (N-methyl/N-ethyl adjacent to an activating group) is 1. The van der Waals surface area contributed by atoms with Crippen molar-refractivity contribution < 1.29 is 32.3 Å². The highest BCUT2D eigenvalue weighted by molar-refractivity contribution is 6.09. The molecule has 1 heterocycles. The number of carbonyl (C=O) groups excluding carboxylic acids is 4. The standard InChI is InChI=1S/C18H19F3N4O4/c1-24(9-13(26)22-12-6-3-2-5-11(12)18(19,20)21)14(27)10-25-15(28)17(7-4-8-17)23-16(25)29/h2-3,5-6H,4,7-10H2,1H3,(H,22,26)(H,23,29). The van der Waals surface area contributed by atoms with Gasteiger partial charge in [0.25, 0.3) is 5.91 Å². The first-order valence-electron chi connectivity index (χ1n) is 8.88. The topological polar surface area (TPSA) is 98.8 Å². The van der Waals surface area contributed by atoms with Gasteiger partial charge in [-0.1, -0.05) is 12.1 Å². The third-order valence-corrected chi connectivity index (χ3v) is 5.06. The lowest BCUT2D eigenvalue weighted by atomic mass is 9.77. The molecule has 1 spiro atoms. The molecule has 0 radical (unpaired) electrons. The third-order valence-electron chi connectivity index (χ3n) is 5.06. The molecule has 1 aliphatic heterocycles. The maximum absolute atomic E-state index is 13.0. The summed E-state index contributed by atoms with van der Waals surface area (Å²) in [7, 11) is 1.26. The van der Waals surface area contributed by atoms with Crippen LogP contribution in [-0.4, -0.2) is 59.2 Å². The number of nitrogens with one attached hydrogen (secondary N) is 2. The van der Waals surface area contributed by atoms with Crippen LogP contribution in [0.5, 0.6) is 0 Å². The summed E-state index contributed by atoms with van der Waals surface area (Å²) < 4.78 is 39.0. The molecule has 3 rings (SSSR count). The van der Waals surface area contributed by atoms with E-state index in [1.165, 1.54) is 19.2 Å². The number of urea groups is 1. The molecular formula is C18H19F3N4O4. The zero-order valence-electron chi connectivity index (χ0n) is 15.5. The second-order valence-electron chi connectivity index (χ2n) is 7.10. The van der Waals surface area contributed by atoms with Crippen molar-refractivity contribution in [2.75, 3.05) is 25.5 Å². The zero-order valence-corrected chi connectivity index (χ0v) is 15.5. The molecule has 11 heteroatoms. The summed E-state index contributed by atoms with van der Waals surface area (Å²) >= 11 is 0. The maximum Gasteiger partial charge on any atom is 0.418 e. The highest BCUT2D eigenvalue weighted by atomic mass is 19.4. The predicted octanol–water partition coefficient (Wildman–Crippen LogP) is 1.58. The van der Waals surface area contributed by atoms with Gasteiger partial charge in [0.1, 0.15) is 12.1 Å². The van der Waals surface area contributed by atoms with Crippen molar-refractivity contribution in [3.63, 3.8) is 0 Å². The van der Waals surface area contributed by atoms with E-state index in [9.17, 15) is 32.3 Å². The van der Waals surface area contributed by atoms with Gasteiger partial charge < -0.3 is 15.5 Å². The molecule has 1 aliphatic carbocycles. The van der Waals surface area contributed by atoms with E-state index >= 15 is 0 Å². The van der Waals surface area contributed by atoms with Crippen molar-refractivity contribution in [1.29, 1.82) is 0 Å². The third kappa shape index (κ3) is 4.03. The summed E-state index contributed by atoms with van der Waals surface area (Å²) in [5, 5.41) is 4.72. The summed E-state index contributed by atoms with van der Waals surface area (Å²) in [6.07, 6.45) is -2.82. The average Bonchev–Trinajstić information content (AvgIpc) is 2.86. The number of anilines is 1. The van der Waals surface area contributed by atoms with Gasteiger partial charge in [-0.2, -0.15) is 13.2 Å². The number of benzene rings is 1. The first-order valence-corrected chi connectivity index (χ1v) is 8.88. The van der Waals surface area contributed by atoms with Crippen LogP contribution in [0.1, 0.15) is 24.8 Å². The van der Waals surface area contributed by atoms with E-state index in [1.54, 1.807) is 0 Å². The smallest absolute Gasteiger partial charge is 0.335 e. The van der Waals surface area contributed by atoms with Gasteiger partial charge in [-0.3, -0.25) is 19.3 Å². The van der Waals surface area contributed by atoms with Crippen molar-refractivity contribution in [3.8, 4) is 0 Å². The number of rotatable bonds is 5. The number of hydrogen-bond acceptors (Lipinski definition) is 4. The van der Waals surface area contributed by atoms with Gasteiger partial charge in [0, 0.05) is 7.05 Å². The van der Waals surface area contributed by atoms with Crippen LogP contribution in [-0.2, 0) is 20.6 Å². The molecule has 0 atom stereocenters. The fourth-order valence-corrected chi connectivity index (χ4v) is 3.28. The Kier molecular flexibility index (Phi) is 5.24. The molecule has 156 valence electrons. The van der Waals surface area contributed by atoms with Crippen LogP contribution in [0, 0.1) is 0 Å². The van der Waals surface area contributed by atoms with E-state index in [4.69, 9.17) is 0 Å². The Balaban J connectivity index is 1.58. The molecule has 2 N–H and O–H groups in total. The van der Waals surface area contributed by atoms with E-state index in [0.29, 0.717) is 12.8 Å². The summed E-state index contributed by atoms with van der Waals surface area (Å²) in [5.41, 5.74) is -2.35. The summed E-state index contributed by atoms with van der Waals surface area (Å²) in [6, 6.07) is 3.81. The van der Waals surface area contributed by atoms with E-state index < -0.39 is 59.8 Å². The number of para-hydroxylation sites is 1. The summed E-state index contributed by atoms with van der Waals surface area (Å²) in [5.74, 6) is -2.01. The number of halogens is 3. The number of imide groups is 1. The molecule has 8 nitrogen and oxygen atoms in total. The Hall–Kier alpha value is -3.11. The molecule has 1 aromatic carbocycles. The van der Waals surface area contributed by atoms with Crippen molar-refractivity contribution in [1.82, 2.24) is 15.1 Å². The number of nitrogens with zero attached hydrogens (tertiary/aromatic N) is 2. The summed E-state index contributed by atoms with van der Waals surface area (Å²) in [6.45, 7) is -1.09. The Morgan fingerprint density at radius 2 is 1.90 bits per heavy atom. The van der Waals surface area contributed by atoms with E-state index in [-0.39, 0.29) is 0 Å². The van der Waals surface area contributed by atoms with Gasteiger partial charge in [-0.05, 0) is 31.4 Å². The van der Waals surface area contributed by atoms with E-state index in [0.717, 1.165) is 28.4 Å². The Morgan fingerprint density at radius 1 is 1.24 bits per heavy atom. The number of hydrogen-bond donors (Lipinski definition) is 2. The minimum absolute atomic E-state index is 0.424. The van der Waals surface area contributed by atoms with Gasteiger partial charge in [0.2, 0.25) is 11.8 Å². The van der Waals surface area contributed by atoms with Crippen LogP contribution in [0.25, 0.3) is 0 Å². The first kappa shape index (κ1) is 20.6. The first-order chi connectivity index (χ1) is 13.5. The molecule has 5 amide bonds. The SMILES string of the molecule is CN(CC(=O)Nc1ccccc1C(F)(F)F)C(=O)CN1C(=O)NC2(CCC2)C1=O. The molecule has 2 aliphatic rings. The van der Waals surface area contributed by atoms with Crippen molar-refractivity contribution in [2.45, 2.75) is 31.0 Å². The lowest BCUT2D eigenvalue weighted by Gasteiger charge is -2.34. The molecule has 1 saturated heterocycles. The molecule has 0 aromatic heterocycles. The van der Waals surface area contributed by atoms with Crippen molar-refractivity contribution in [3.05, 3.63) is 29.8 Å². The van der Waals surface area contributed by atoms with Gasteiger partial charge >= 0.3 is 12.2 Å². The monoisotopic (exact) mass is 412 g/mol. The fourth-order valence-electron chi connectivity index (χ4n) is 3.28. The van der Waals surface area contributed by atoms with Gasteiger partial charge in [0.15, 0.2) is 0 Å². The molecule has 0 unspecified atom stereocenters. The maximum atomic E-state index is 13.0. The number of alkyl halides is 3. The summed E-state index contributed by atoms with van der Waals surface area (Å²) in [4.78, 5) is 50.5. The van der Waals surface area contributed by atoms with Crippen LogP contribution < -0.4 is 10.6 Å². The molecule has 1 saturated carbocycles. The normalized spacial score (nSPS) is 17.7. The predicted molar refractivity (Wildman–Crippen MR) is 94.5 cm³/mol. The fraction of sp³-hybridized carbons (Fsp3) is 0.444. The molecular weight excluding hydrogens is 393 g/mol. The largest absolute Gasteiger partial charge is 0.418 e. The molecule has 1 aromatic rings. The van der Waals surface area contributed by atoms with E-state index in [2.05, 4.69) is 10.6 Å². The van der Waals surface area contributed by atoms with Gasteiger partial charge in [0.05, 0.1) is 17.8 Å². The molecule has 29 heavy (non-hydrogen) atoms. The zero-order chi connectivity index (χ0) is 21.4. The van der Waals surface area contributed by atoms with Gasteiger partial charge in [-0.15, -0.1) is 0 Å². The number of carbonyl (C=O) groups is 4. The van der Waals surface area contributed by atoms with Gasteiger partial charge in [-0.25, -0.2) is 4.79 Å². The Bertz CT molecular complexity index is 867. The molecule has 2 fully saturated rings. The lowest BCUT2D eigenvalue weighted by molar-refractivity contribution is -0.140. The van der Waals surface area contributed by atoms with Crippen LogP contribution in [0.4, 0.5) is 23.7 Å². The molecule has 0 bridgehead atoms. The highest BCUT2D eigenvalue weighted by Crippen LogP contribution is 2.37. The average molecular weight is 412 g/mol. The highest BCUT2D eigenvalue weighted by Gasteiger charge is 2.55. The van der Waals surface area contributed by atoms with Crippen LogP contribution in [0.15, 0.2) is 24.3 Å². The second kappa shape index (κ2) is 7.37. The van der Waals surface area contributed by atoms with Crippen LogP contribution >= 0.6 is 0 Å². The van der Waals surface area contributed by atoms with Crippen molar-refractivity contribution >= 4 is 29.4 Å². The Labute approximate surface area is 164 Å². The van der Waals surface area contributed by atoms with Crippen LogP contribution in [0.3, 0.4) is 0 Å².